The van der Waals surface area contributed by atoms with Gasteiger partial charge in [-0.25, -0.2) is 0 Å². The first-order valence-corrected chi connectivity index (χ1v) is 7.71. The summed E-state index contributed by atoms with van der Waals surface area (Å²) in [7, 11) is 0. The molecule has 104 valence electrons. The first-order chi connectivity index (χ1) is 8.69. The van der Waals surface area contributed by atoms with Crippen LogP contribution in [-0.4, -0.2) is 29.4 Å². The lowest BCUT2D eigenvalue weighted by Gasteiger charge is -2.36. The van der Waals surface area contributed by atoms with Gasteiger partial charge in [0.1, 0.15) is 0 Å². The molecule has 18 heavy (non-hydrogen) atoms. The van der Waals surface area contributed by atoms with Crippen molar-refractivity contribution in [1.82, 2.24) is 4.90 Å². The predicted molar refractivity (Wildman–Crippen MR) is 74.1 cm³/mol. The molecule has 1 saturated heterocycles. The van der Waals surface area contributed by atoms with Crippen molar-refractivity contribution in [3.63, 3.8) is 0 Å². The van der Waals surface area contributed by atoms with E-state index in [9.17, 15) is 4.79 Å². The standard InChI is InChI=1S/C15H28N2O/c1-3-13-9-8-11(2)17(13)15(18)14-7-5-4-6-12(14)10-16/h11-14H,3-10,16H2,1-2H3. The largest absolute Gasteiger partial charge is 0.337 e. The molecule has 4 atom stereocenters. The second kappa shape index (κ2) is 6.05. The maximum absolute atomic E-state index is 12.8. The number of likely N-dealkylation sites (tertiary alicyclic amines) is 1. The van der Waals surface area contributed by atoms with E-state index < -0.39 is 0 Å². The highest BCUT2D eigenvalue weighted by Gasteiger charge is 2.39. The Morgan fingerprint density at radius 2 is 1.94 bits per heavy atom. The van der Waals surface area contributed by atoms with Gasteiger partial charge in [-0.15, -0.1) is 0 Å². The molecule has 1 amide bonds. The topological polar surface area (TPSA) is 46.3 Å². The van der Waals surface area contributed by atoms with Gasteiger partial charge in [-0.2, -0.15) is 0 Å². The normalized spacial score (nSPS) is 36.9. The molecule has 2 N–H and O–H groups in total. The molecule has 3 nitrogen and oxygen atoms in total. The highest BCUT2D eigenvalue weighted by atomic mass is 16.2. The Morgan fingerprint density at radius 1 is 1.22 bits per heavy atom. The molecule has 0 spiro atoms. The van der Waals surface area contributed by atoms with Crippen LogP contribution in [0.3, 0.4) is 0 Å². The maximum atomic E-state index is 12.8. The van der Waals surface area contributed by atoms with E-state index in [0.29, 0.717) is 30.5 Å². The summed E-state index contributed by atoms with van der Waals surface area (Å²) < 4.78 is 0. The number of amides is 1. The minimum Gasteiger partial charge on any atom is -0.337 e. The predicted octanol–water partition coefficient (Wildman–Crippen LogP) is 2.54. The van der Waals surface area contributed by atoms with Crippen molar-refractivity contribution < 1.29 is 4.79 Å². The van der Waals surface area contributed by atoms with Crippen LogP contribution in [0.1, 0.15) is 58.8 Å². The quantitative estimate of drug-likeness (QED) is 0.839. The van der Waals surface area contributed by atoms with Gasteiger partial charge in [0.05, 0.1) is 0 Å². The van der Waals surface area contributed by atoms with Crippen LogP contribution in [0, 0.1) is 11.8 Å². The van der Waals surface area contributed by atoms with Crippen molar-refractivity contribution >= 4 is 5.91 Å². The average Bonchev–Trinajstić information content (AvgIpc) is 2.79. The lowest BCUT2D eigenvalue weighted by Crippen LogP contribution is -2.47. The molecule has 1 aliphatic heterocycles. The summed E-state index contributed by atoms with van der Waals surface area (Å²) in [6.45, 7) is 5.08. The second-order valence-electron chi connectivity index (χ2n) is 6.12. The van der Waals surface area contributed by atoms with Crippen LogP contribution in [0.5, 0.6) is 0 Å². The third kappa shape index (κ3) is 2.56. The molecule has 2 aliphatic rings. The van der Waals surface area contributed by atoms with Crippen molar-refractivity contribution in [3.8, 4) is 0 Å². The third-order valence-electron chi connectivity index (χ3n) is 5.04. The van der Waals surface area contributed by atoms with E-state index in [4.69, 9.17) is 5.73 Å². The van der Waals surface area contributed by atoms with Gasteiger partial charge < -0.3 is 10.6 Å². The van der Waals surface area contributed by atoms with E-state index in [1.807, 2.05) is 0 Å². The third-order valence-corrected chi connectivity index (χ3v) is 5.04. The zero-order chi connectivity index (χ0) is 13.1. The Labute approximate surface area is 111 Å². The summed E-state index contributed by atoms with van der Waals surface area (Å²) in [5.74, 6) is 1.04. The van der Waals surface area contributed by atoms with Crippen LogP contribution in [0.2, 0.25) is 0 Å². The van der Waals surface area contributed by atoms with Crippen LogP contribution < -0.4 is 5.73 Å². The fourth-order valence-electron chi connectivity index (χ4n) is 3.88. The lowest BCUT2D eigenvalue weighted by molar-refractivity contribution is -0.141. The van der Waals surface area contributed by atoms with Gasteiger partial charge in [0.25, 0.3) is 0 Å². The summed E-state index contributed by atoms with van der Waals surface area (Å²) in [6, 6.07) is 0.913. The fourth-order valence-corrected chi connectivity index (χ4v) is 3.88. The second-order valence-corrected chi connectivity index (χ2v) is 6.12. The molecule has 2 fully saturated rings. The molecule has 2 rings (SSSR count). The number of nitrogens with zero attached hydrogens (tertiary/aromatic N) is 1. The molecule has 1 aliphatic carbocycles. The molecule has 0 radical (unpaired) electrons. The molecule has 0 aromatic rings. The Bertz CT molecular complexity index is 292. The molecular weight excluding hydrogens is 224 g/mol. The Hall–Kier alpha value is -0.570. The Kier molecular flexibility index (Phi) is 4.66. The average molecular weight is 252 g/mol. The van der Waals surface area contributed by atoms with Crippen molar-refractivity contribution in [2.24, 2.45) is 17.6 Å². The van der Waals surface area contributed by atoms with E-state index >= 15 is 0 Å². The van der Waals surface area contributed by atoms with Gasteiger partial charge in [-0.1, -0.05) is 19.8 Å². The van der Waals surface area contributed by atoms with Crippen molar-refractivity contribution in [3.05, 3.63) is 0 Å². The first-order valence-electron chi connectivity index (χ1n) is 7.71. The van der Waals surface area contributed by atoms with Crippen LogP contribution >= 0.6 is 0 Å². The number of hydrogen-bond acceptors (Lipinski definition) is 2. The van der Waals surface area contributed by atoms with Crippen LogP contribution in [-0.2, 0) is 4.79 Å². The molecule has 0 aromatic heterocycles. The number of carbonyl (C=O) groups excluding carboxylic acids is 1. The number of carbonyl (C=O) groups is 1. The van der Waals surface area contributed by atoms with Crippen LogP contribution in [0.4, 0.5) is 0 Å². The van der Waals surface area contributed by atoms with Crippen molar-refractivity contribution in [1.29, 1.82) is 0 Å². The number of nitrogens with two attached hydrogens (primary N) is 1. The molecule has 0 bridgehead atoms. The van der Waals surface area contributed by atoms with Gasteiger partial charge in [0, 0.05) is 18.0 Å². The van der Waals surface area contributed by atoms with Crippen LogP contribution in [0.15, 0.2) is 0 Å². The molecule has 4 unspecified atom stereocenters. The lowest BCUT2D eigenvalue weighted by atomic mass is 9.78. The molecular formula is C15H28N2O. The Morgan fingerprint density at radius 3 is 2.61 bits per heavy atom. The van der Waals surface area contributed by atoms with Gasteiger partial charge in [-0.05, 0) is 51.5 Å². The van der Waals surface area contributed by atoms with E-state index in [1.165, 1.54) is 25.7 Å². The number of hydrogen-bond donors (Lipinski definition) is 1. The summed E-state index contributed by atoms with van der Waals surface area (Å²) in [6.07, 6.45) is 8.10. The van der Waals surface area contributed by atoms with Gasteiger partial charge >= 0.3 is 0 Å². The minimum absolute atomic E-state index is 0.207. The zero-order valence-electron chi connectivity index (χ0n) is 11.9. The smallest absolute Gasteiger partial charge is 0.226 e. The van der Waals surface area contributed by atoms with Gasteiger partial charge in [0.15, 0.2) is 0 Å². The minimum atomic E-state index is 0.207. The van der Waals surface area contributed by atoms with Gasteiger partial charge in [0.2, 0.25) is 5.91 Å². The van der Waals surface area contributed by atoms with E-state index in [1.54, 1.807) is 0 Å². The zero-order valence-corrected chi connectivity index (χ0v) is 11.9. The highest BCUT2D eigenvalue weighted by molar-refractivity contribution is 5.80. The summed E-state index contributed by atoms with van der Waals surface area (Å²) in [4.78, 5) is 15.0. The van der Waals surface area contributed by atoms with Crippen molar-refractivity contribution in [2.45, 2.75) is 70.9 Å². The summed E-state index contributed by atoms with van der Waals surface area (Å²) >= 11 is 0. The highest BCUT2D eigenvalue weighted by Crippen LogP contribution is 2.35. The molecule has 1 heterocycles. The van der Waals surface area contributed by atoms with Crippen LogP contribution in [0.25, 0.3) is 0 Å². The molecule has 0 aromatic carbocycles. The van der Waals surface area contributed by atoms with Gasteiger partial charge in [-0.3, -0.25) is 4.79 Å². The molecule has 1 saturated carbocycles. The summed E-state index contributed by atoms with van der Waals surface area (Å²) in [5, 5.41) is 0. The summed E-state index contributed by atoms with van der Waals surface area (Å²) in [5.41, 5.74) is 5.86. The van der Waals surface area contributed by atoms with E-state index in [-0.39, 0.29) is 5.92 Å². The number of rotatable bonds is 3. The van der Waals surface area contributed by atoms with E-state index in [2.05, 4.69) is 18.7 Å². The Balaban J connectivity index is 2.08. The maximum Gasteiger partial charge on any atom is 0.226 e. The first kappa shape index (κ1) is 13.9. The van der Waals surface area contributed by atoms with Crippen molar-refractivity contribution in [2.75, 3.05) is 6.54 Å². The fraction of sp³-hybridized carbons (Fsp3) is 0.933. The molecule has 3 heteroatoms. The monoisotopic (exact) mass is 252 g/mol. The SMILES string of the molecule is CCC1CCC(C)N1C(=O)C1CCCCC1CN. The van der Waals surface area contributed by atoms with E-state index in [0.717, 1.165) is 19.3 Å².